The van der Waals surface area contributed by atoms with Crippen LogP contribution < -0.4 is 10.2 Å². The monoisotopic (exact) mass is 386 g/mol. The molecule has 0 radical (unpaired) electrons. The number of amides is 2. The quantitative estimate of drug-likeness (QED) is 0.756. The number of thioether (sulfide) groups is 1. The highest BCUT2D eigenvalue weighted by molar-refractivity contribution is 8.00. The summed E-state index contributed by atoms with van der Waals surface area (Å²) in [6.07, 6.45) is 2.35. The largest absolute Gasteiger partial charge is 0.326 e. The maximum Gasteiger partial charge on any atom is 0.238 e. The van der Waals surface area contributed by atoms with Crippen molar-refractivity contribution in [2.75, 3.05) is 16.0 Å². The first-order chi connectivity index (χ1) is 13.0. The highest BCUT2D eigenvalue weighted by Crippen LogP contribution is 2.42. The van der Waals surface area contributed by atoms with Crippen molar-refractivity contribution in [3.05, 3.63) is 59.4 Å². The molecule has 142 valence electrons. The van der Waals surface area contributed by atoms with Crippen molar-refractivity contribution < 1.29 is 14.0 Å². The van der Waals surface area contributed by atoms with E-state index in [9.17, 15) is 14.0 Å². The van der Waals surface area contributed by atoms with E-state index in [1.165, 1.54) is 22.7 Å². The number of nitrogens with zero attached hydrogens (tertiary/aromatic N) is 1. The third-order valence-electron chi connectivity index (χ3n) is 4.47. The molecule has 6 heteroatoms. The first kappa shape index (κ1) is 19.4. The molecule has 3 rings (SSSR count). The Hall–Kier alpha value is -2.34. The van der Waals surface area contributed by atoms with Crippen molar-refractivity contribution in [3.63, 3.8) is 0 Å². The van der Waals surface area contributed by atoms with Crippen LogP contribution >= 0.6 is 11.8 Å². The third-order valence-corrected chi connectivity index (χ3v) is 5.68. The van der Waals surface area contributed by atoms with E-state index < -0.39 is 5.82 Å². The number of unbranched alkanes of at least 4 members (excludes halogenated alkanes) is 1. The fraction of sp³-hybridized carbons (Fsp3) is 0.333. The molecule has 0 aliphatic carbocycles. The van der Waals surface area contributed by atoms with E-state index in [1.54, 1.807) is 12.1 Å². The van der Waals surface area contributed by atoms with Gasteiger partial charge in [-0.2, -0.15) is 0 Å². The molecule has 1 aliphatic rings. The van der Waals surface area contributed by atoms with Crippen LogP contribution in [-0.4, -0.2) is 17.6 Å². The van der Waals surface area contributed by atoms with E-state index >= 15 is 0 Å². The lowest BCUT2D eigenvalue weighted by atomic mass is 10.1. The summed E-state index contributed by atoms with van der Waals surface area (Å²) in [6.45, 7) is 3.92. The molecule has 1 N–H and O–H groups in total. The van der Waals surface area contributed by atoms with Crippen molar-refractivity contribution in [1.29, 1.82) is 0 Å². The van der Waals surface area contributed by atoms with E-state index in [0.29, 0.717) is 17.9 Å². The van der Waals surface area contributed by atoms with E-state index in [1.807, 2.05) is 38.1 Å². The topological polar surface area (TPSA) is 49.4 Å². The molecule has 0 saturated carbocycles. The average Bonchev–Trinajstić information content (AvgIpc) is 3.04. The second-order valence-corrected chi connectivity index (χ2v) is 7.72. The molecule has 0 unspecified atom stereocenters. The number of nitrogens with one attached hydrogen (secondary N) is 1. The number of anilines is 2. The predicted molar refractivity (Wildman–Crippen MR) is 108 cm³/mol. The van der Waals surface area contributed by atoms with E-state index in [2.05, 4.69) is 5.32 Å². The Kier molecular flexibility index (Phi) is 6.16. The highest BCUT2D eigenvalue weighted by atomic mass is 32.2. The van der Waals surface area contributed by atoms with Gasteiger partial charge in [-0.15, -0.1) is 11.8 Å². The van der Waals surface area contributed by atoms with Crippen LogP contribution in [-0.2, 0) is 9.59 Å². The normalized spacial score (nSPS) is 16.6. The second-order valence-electron chi connectivity index (χ2n) is 6.66. The van der Waals surface area contributed by atoms with Crippen molar-refractivity contribution >= 4 is 35.0 Å². The smallest absolute Gasteiger partial charge is 0.238 e. The third kappa shape index (κ3) is 4.50. The molecule has 1 saturated heterocycles. The van der Waals surface area contributed by atoms with Gasteiger partial charge in [0.05, 0.1) is 11.4 Å². The number of carbonyl (C=O) groups excluding carboxylic acids is 2. The van der Waals surface area contributed by atoms with Gasteiger partial charge >= 0.3 is 0 Å². The molecule has 4 nitrogen and oxygen atoms in total. The van der Waals surface area contributed by atoms with Crippen molar-refractivity contribution in [2.24, 2.45) is 0 Å². The van der Waals surface area contributed by atoms with Gasteiger partial charge in [0.2, 0.25) is 11.8 Å². The summed E-state index contributed by atoms with van der Waals surface area (Å²) < 4.78 is 14.3. The molecule has 1 heterocycles. The van der Waals surface area contributed by atoms with Crippen molar-refractivity contribution in [2.45, 2.75) is 38.5 Å². The van der Waals surface area contributed by atoms with Gasteiger partial charge < -0.3 is 5.32 Å². The summed E-state index contributed by atoms with van der Waals surface area (Å²) in [4.78, 5) is 25.8. The maximum absolute atomic E-state index is 14.3. The Balaban J connectivity index is 1.79. The van der Waals surface area contributed by atoms with Crippen LogP contribution in [0, 0.1) is 12.7 Å². The molecule has 1 fully saturated rings. The van der Waals surface area contributed by atoms with E-state index in [0.717, 1.165) is 29.7 Å². The lowest BCUT2D eigenvalue weighted by Crippen LogP contribution is -2.28. The Bertz CT molecular complexity index is 839. The minimum absolute atomic E-state index is 0.00141. The van der Waals surface area contributed by atoms with Crippen LogP contribution in [0.15, 0.2) is 42.5 Å². The number of hydrogen-bond acceptors (Lipinski definition) is 3. The van der Waals surface area contributed by atoms with Gasteiger partial charge in [0.15, 0.2) is 0 Å². The molecule has 2 amide bonds. The molecule has 0 bridgehead atoms. The van der Waals surface area contributed by atoms with Crippen LogP contribution in [0.4, 0.5) is 15.8 Å². The fourth-order valence-corrected chi connectivity index (χ4v) is 4.20. The molecule has 2 aromatic carbocycles. The summed E-state index contributed by atoms with van der Waals surface area (Å²) in [5.41, 5.74) is 2.84. The van der Waals surface area contributed by atoms with Gasteiger partial charge in [0, 0.05) is 12.1 Å². The Morgan fingerprint density at radius 3 is 2.70 bits per heavy atom. The van der Waals surface area contributed by atoms with Crippen LogP contribution in [0.1, 0.15) is 42.7 Å². The first-order valence-corrected chi connectivity index (χ1v) is 10.1. The zero-order valence-electron chi connectivity index (χ0n) is 15.5. The molecule has 2 aromatic rings. The second kappa shape index (κ2) is 8.57. The molecule has 27 heavy (non-hydrogen) atoms. The zero-order valence-corrected chi connectivity index (χ0v) is 16.3. The van der Waals surface area contributed by atoms with Crippen LogP contribution in [0.3, 0.4) is 0 Å². The predicted octanol–water partition coefficient (Wildman–Crippen LogP) is 5.04. The summed E-state index contributed by atoms with van der Waals surface area (Å²) >= 11 is 1.47. The van der Waals surface area contributed by atoms with Gasteiger partial charge in [0.25, 0.3) is 0 Å². The number of hydrogen-bond donors (Lipinski definition) is 1. The summed E-state index contributed by atoms with van der Waals surface area (Å²) in [6, 6.07) is 12.2. The summed E-state index contributed by atoms with van der Waals surface area (Å²) in [5, 5.41) is 2.60. The minimum Gasteiger partial charge on any atom is -0.326 e. The van der Waals surface area contributed by atoms with Crippen LogP contribution in [0.25, 0.3) is 0 Å². The SMILES string of the molecule is CCCCC(=O)Nc1ccc([C@H]2SCC(=O)N2c2cc(C)ccc2F)cc1. The minimum atomic E-state index is -0.402. The molecule has 1 aliphatic heterocycles. The van der Waals surface area contributed by atoms with Gasteiger partial charge in [-0.05, 0) is 48.7 Å². The lowest BCUT2D eigenvalue weighted by molar-refractivity contribution is -0.116. The summed E-state index contributed by atoms with van der Waals surface area (Å²) in [5.74, 6) is -0.195. The number of halogens is 1. The molecular formula is C21H23FN2O2S. The molecule has 0 spiro atoms. The van der Waals surface area contributed by atoms with E-state index in [4.69, 9.17) is 0 Å². The van der Waals surface area contributed by atoms with Gasteiger partial charge in [0.1, 0.15) is 11.2 Å². The van der Waals surface area contributed by atoms with Crippen molar-refractivity contribution in [1.82, 2.24) is 0 Å². The van der Waals surface area contributed by atoms with Gasteiger partial charge in [-0.25, -0.2) is 4.39 Å². The zero-order chi connectivity index (χ0) is 19.4. The number of aryl methyl sites for hydroxylation is 1. The Morgan fingerprint density at radius 1 is 1.26 bits per heavy atom. The number of benzene rings is 2. The Labute approximate surface area is 163 Å². The first-order valence-electron chi connectivity index (χ1n) is 9.09. The highest BCUT2D eigenvalue weighted by Gasteiger charge is 2.35. The summed E-state index contributed by atoms with van der Waals surface area (Å²) in [7, 11) is 0. The number of carbonyl (C=O) groups is 2. The fourth-order valence-electron chi connectivity index (χ4n) is 3.03. The maximum atomic E-state index is 14.3. The average molecular weight is 386 g/mol. The van der Waals surface area contributed by atoms with Gasteiger partial charge in [-0.3, -0.25) is 14.5 Å². The van der Waals surface area contributed by atoms with Gasteiger partial charge in [-0.1, -0.05) is 31.5 Å². The Morgan fingerprint density at radius 2 is 2.00 bits per heavy atom. The molecule has 1 atom stereocenters. The standard InChI is InChI=1S/C21H23FN2O2S/c1-3-4-5-19(25)23-16-9-7-15(8-10-16)21-24(20(26)13-27-21)18-12-14(2)6-11-17(18)22/h6-12,21H,3-5,13H2,1-2H3,(H,23,25)/t21-/m1/s1. The lowest BCUT2D eigenvalue weighted by Gasteiger charge is -2.25. The molecular weight excluding hydrogens is 363 g/mol. The van der Waals surface area contributed by atoms with Crippen molar-refractivity contribution in [3.8, 4) is 0 Å². The van der Waals surface area contributed by atoms with Crippen LogP contribution in [0.2, 0.25) is 0 Å². The number of rotatable bonds is 6. The van der Waals surface area contributed by atoms with Crippen LogP contribution in [0.5, 0.6) is 0 Å². The molecule has 0 aromatic heterocycles. The van der Waals surface area contributed by atoms with E-state index in [-0.39, 0.29) is 17.2 Å².